The van der Waals surface area contributed by atoms with Gasteiger partial charge in [-0.1, -0.05) is 0 Å². The van der Waals surface area contributed by atoms with Crippen LogP contribution in [0, 0.1) is 6.92 Å². The van der Waals surface area contributed by atoms with E-state index in [4.69, 9.17) is 15.3 Å². The number of rotatable bonds is 4. The van der Waals surface area contributed by atoms with Gasteiger partial charge in [0.1, 0.15) is 5.76 Å². The zero-order valence-electron chi connectivity index (χ0n) is 9.67. The Morgan fingerprint density at radius 2 is 2.33 bits per heavy atom. The highest BCUT2D eigenvalue weighted by molar-refractivity contribution is 5.86. The first-order valence-electron chi connectivity index (χ1n) is 5.21. The van der Waals surface area contributed by atoms with Crippen molar-refractivity contribution in [1.29, 1.82) is 0 Å². The number of nitrogen functional groups attached to an aromatic ring is 1. The van der Waals surface area contributed by atoms with Gasteiger partial charge >= 0.3 is 5.97 Å². The van der Waals surface area contributed by atoms with Crippen molar-refractivity contribution in [2.45, 2.75) is 13.5 Å². The van der Waals surface area contributed by atoms with E-state index >= 15 is 0 Å². The molecule has 0 aliphatic carbocycles. The lowest BCUT2D eigenvalue weighted by Crippen LogP contribution is -2.08. The molecule has 0 aromatic carbocycles. The van der Waals surface area contributed by atoms with E-state index in [1.165, 1.54) is 12.1 Å². The summed E-state index contributed by atoms with van der Waals surface area (Å²) in [5.41, 5.74) is 5.98. The van der Waals surface area contributed by atoms with Crippen LogP contribution in [0.25, 0.3) is 0 Å². The molecule has 0 radical (unpaired) electrons. The summed E-state index contributed by atoms with van der Waals surface area (Å²) < 4.78 is 5.26. The maximum atomic E-state index is 10.8. The van der Waals surface area contributed by atoms with Crippen molar-refractivity contribution in [3.63, 3.8) is 0 Å². The molecule has 0 aliphatic rings. The Morgan fingerprint density at radius 3 is 2.94 bits per heavy atom. The van der Waals surface area contributed by atoms with Gasteiger partial charge in [0, 0.05) is 0 Å². The number of carboxylic acid groups (broad SMARTS) is 1. The lowest BCUT2D eigenvalue weighted by atomic mass is 10.3. The van der Waals surface area contributed by atoms with E-state index in [0.717, 1.165) is 0 Å². The summed E-state index contributed by atoms with van der Waals surface area (Å²) in [6.07, 6.45) is 1.60. The first-order valence-corrected chi connectivity index (χ1v) is 5.21. The molecule has 2 heterocycles. The number of oxazole rings is 1. The summed E-state index contributed by atoms with van der Waals surface area (Å²) in [4.78, 5) is 18.7. The van der Waals surface area contributed by atoms with Crippen LogP contribution >= 0.6 is 0 Å². The van der Waals surface area contributed by atoms with Crippen LogP contribution in [0.2, 0.25) is 0 Å². The zero-order valence-corrected chi connectivity index (χ0v) is 9.67. The van der Waals surface area contributed by atoms with E-state index in [1.54, 1.807) is 13.1 Å². The molecule has 0 unspecified atom stereocenters. The molecule has 0 saturated carbocycles. The van der Waals surface area contributed by atoms with Crippen molar-refractivity contribution in [2.24, 2.45) is 0 Å². The summed E-state index contributed by atoms with van der Waals surface area (Å²) in [6, 6.07) is 2.83. The van der Waals surface area contributed by atoms with Gasteiger partial charge in [0.25, 0.3) is 0 Å². The molecule has 7 nitrogen and oxygen atoms in total. The van der Waals surface area contributed by atoms with Crippen molar-refractivity contribution in [1.82, 2.24) is 9.97 Å². The second-order valence-electron chi connectivity index (χ2n) is 3.66. The van der Waals surface area contributed by atoms with Gasteiger partial charge in [0.2, 0.25) is 5.89 Å². The van der Waals surface area contributed by atoms with Gasteiger partial charge in [-0.15, -0.1) is 0 Å². The Hall–Kier alpha value is -2.57. The number of pyridine rings is 1. The van der Waals surface area contributed by atoms with Gasteiger partial charge < -0.3 is 20.6 Å². The lowest BCUT2D eigenvalue weighted by molar-refractivity contribution is 0.0690. The molecule has 4 N–H and O–H groups in total. The van der Waals surface area contributed by atoms with Gasteiger partial charge in [0.05, 0.1) is 18.4 Å². The normalized spacial score (nSPS) is 10.3. The quantitative estimate of drug-likeness (QED) is 0.746. The minimum absolute atomic E-state index is 0.0738. The molecule has 0 spiro atoms. The lowest BCUT2D eigenvalue weighted by Gasteiger charge is -2.07. The number of anilines is 2. The Kier molecular flexibility index (Phi) is 3.13. The van der Waals surface area contributed by atoms with Crippen molar-refractivity contribution >= 4 is 17.5 Å². The fourth-order valence-electron chi connectivity index (χ4n) is 1.37. The first kappa shape index (κ1) is 11.9. The second-order valence-corrected chi connectivity index (χ2v) is 3.66. The Morgan fingerprint density at radius 1 is 1.56 bits per heavy atom. The molecule has 0 amide bonds. The molecule has 7 heteroatoms. The maximum Gasteiger partial charge on any atom is 0.354 e. The summed E-state index contributed by atoms with van der Waals surface area (Å²) in [7, 11) is 0. The molecular formula is C11H12N4O3. The number of aromatic nitrogens is 2. The topological polar surface area (TPSA) is 114 Å². The SMILES string of the molecule is Cc1cnc(CNc2nc(C(=O)O)ccc2N)o1. The number of carbonyl (C=O) groups is 1. The predicted octanol–water partition coefficient (Wildman–Crippen LogP) is 1.27. The van der Waals surface area contributed by atoms with Gasteiger partial charge in [-0.05, 0) is 19.1 Å². The maximum absolute atomic E-state index is 10.8. The molecule has 18 heavy (non-hydrogen) atoms. The monoisotopic (exact) mass is 248 g/mol. The number of nitrogens with two attached hydrogens (primary N) is 1. The molecule has 0 bridgehead atoms. The zero-order chi connectivity index (χ0) is 13.1. The fourth-order valence-corrected chi connectivity index (χ4v) is 1.37. The molecule has 94 valence electrons. The molecule has 2 rings (SSSR count). The molecule has 0 saturated heterocycles. The summed E-state index contributed by atoms with van der Waals surface area (Å²) in [6.45, 7) is 2.07. The molecule has 2 aromatic rings. The van der Waals surface area contributed by atoms with E-state index in [9.17, 15) is 4.79 Å². The number of nitrogens with zero attached hydrogens (tertiary/aromatic N) is 2. The fraction of sp³-hybridized carbons (Fsp3) is 0.182. The highest BCUT2D eigenvalue weighted by Crippen LogP contribution is 2.16. The summed E-state index contributed by atoms with van der Waals surface area (Å²) in [5, 5.41) is 11.7. The van der Waals surface area contributed by atoms with E-state index in [-0.39, 0.29) is 12.2 Å². The van der Waals surface area contributed by atoms with E-state index in [1.807, 2.05) is 0 Å². The van der Waals surface area contributed by atoms with Crippen LogP contribution in [0.5, 0.6) is 0 Å². The van der Waals surface area contributed by atoms with Crippen LogP contribution in [0.3, 0.4) is 0 Å². The van der Waals surface area contributed by atoms with Crippen molar-refractivity contribution in [2.75, 3.05) is 11.1 Å². The van der Waals surface area contributed by atoms with E-state index < -0.39 is 5.97 Å². The van der Waals surface area contributed by atoms with Crippen LogP contribution in [0.1, 0.15) is 22.1 Å². The van der Waals surface area contributed by atoms with Crippen LogP contribution in [0.4, 0.5) is 11.5 Å². The standard InChI is InChI=1S/C11H12N4O3/c1-6-4-13-9(18-6)5-14-10-7(12)2-3-8(15-10)11(16)17/h2-4H,5,12H2,1H3,(H,14,15)(H,16,17). The molecule has 0 atom stereocenters. The number of hydrogen-bond donors (Lipinski definition) is 3. The average molecular weight is 248 g/mol. The largest absolute Gasteiger partial charge is 0.477 e. The average Bonchev–Trinajstić information content (AvgIpc) is 2.74. The molecule has 0 fully saturated rings. The van der Waals surface area contributed by atoms with Crippen LogP contribution in [-0.4, -0.2) is 21.0 Å². The highest BCUT2D eigenvalue weighted by atomic mass is 16.4. The number of nitrogens with one attached hydrogen (secondary N) is 1. The number of aromatic carboxylic acids is 1. The summed E-state index contributed by atoms with van der Waals surface area (Å²) >= 11 is 0. The second kappa shape index (κ2) is 4.74. The summed E-state index contributed by atoms with van der Waals surface area (Å²) in [5.74, 6) is 0.372. The molecule has 0 aliphatic heterocycles. The minimum Gasteiger partial charge on any atom is -0.477 e. The van der Waals surface area contributed by atoms with Crippen molar-refractivity contribution in [3.8, 4) is 0 Å². The third kappa shape index (κ3) is 2.57. The Balaban J connectivity index is 2.13. The number of hydrogen-bond acceptors (Lipinski definition) is 6. The van der Waals surface area contributed by atoms with Gasteiger partial charge in [-0.25, -0.2) is 14.8 Å². The number of carboxylic acids is 1. The van der Waals surface area contributed by atoms with Crippen molar-refractivity contribution in [3.05, 3.63) is 35.7 Å². The first-order chi connectivity index (χ1) is 8.56. The Bertz CT molecular complexity index is 579. The third-order valence-electron chi connectivity index (χ3n) is 2.22. The molecule has 2 aromatic heterocycles. The third-order valence-corrected chi connectivity index (χ3v) is 2.22. The van der Waals surface area contributed by atoms with E-state index in [0.29, 0.717) is 23.2 Å². The number of aryl methyl sites for hydroxylation is 1. The highest BCUT2D eigenvalue weighted by Gasteiger charge is 2.09. The van der Waals surface area contributed by atoms with E-state index in [2.05, 4.69) is 15.3 Å². The molecular weight excluding hydrogens is 236 g/mol. The van der Waals surface area contributed by atoms with Crippen LogP contribution in [0.15, 0.2) is 22.7 Å². The predicted molar refractivity (Wildman–Crippen MR) is 64.2 cm³/mol. The van der Waals surface area contributed by atoms with Gasteiger partial charge in [-0.2, -0.15) is 0 Å². The van der Waals surface area contributed by atoms with Crippen LogP contribution in [-0.2, 0) is 6.54 Å². The van der Waals surface area contributed by atoms with Crippen LogP contribution < -0.4 is 11.1 Å². The Labute approximate surface area is 103 Å². The van der Waals surface area contributed by atoms with Gasteiger partial charge in [-0.3, -0.25) is 0 Å². The van der Waals surface area contributed by atoms with Gasteiger partial charge in [0.15, 0.2) is 11.5 Å². The smallest absolute Gasteiger partial charge is 0.354 e. The van der Waals surface area contributed by atoms with Crippen molar-refractivity contribution < 1.29 is 14.3 Å². The minimum atomic E-state index is -1.11.